The Hall–Kier alpha value is -3.20. The van der Waals surface area contributed by atoms with Gasteiger partial charge in [0, 0.05) is 19.0 Å². The predicted molar refractivity (Wildman–Crippen MR) is 120 cm³/mol. The molecule has 5 amide bonds. The standard InChI is InChI=1S/C23H26N4O4S/c1-23(12-9-16-6-3-2-4-7-16)21(30)27(22(31)24-23)25-19(28)17-10-13-26(14-11-17)20(29)18-8-5-15-32-18/h2-8,15,17H,9-14H2,1H3,(H,24,31)(H,25,28)/t23-/m1/s1. The Kier molecular flexibility index (Phi) is 6.27. The number of carbonyl (C=O) groups excluding carboxylic acids is 4. The fraction of sp³-hybridized carbons (Fsp3) is 0.391. The van der Waals surface area contributed by atoms with Gasteiger partial charge < -0.3 is 10.2 Å². The third-order valence-corrected chi connectivity index (χ3v) is 6.98. The van der Waals surface area contributed by atoms with Crippen LogP contribution in [-0.4, -0.2) is 52.3 Å². The lowest BCUT2D eigenvalue weighted by Gasteiger charge is -2.31. The summed E-state index contributed by atoms with van der Waals surface area (Å²) in [5.74, 6) is -1.22. The van der Waals surface area contributed by atoms with Gasteiger partial charge in [0.2, 0.25) is 5.91 Å². The number of carbonyl (C=O) groups is 4. The van der Waals surface area contributed by atoms with E-state index >= 15 is 0 Å². The maximum atomic E-state index is 12.9. The van der Waals surface area contributed by atoms with Crippen LogP contribution in [0, 0.1) is 5.92 Å². The van der Waals surface area contributed by atoms with Gasteiger partial charge in [-0.1, -0.05) is 36.4 Å². The third kappa shape index (κ3) is 4.52. The van der Waals surface area contributed by atoms with Crippen LogP contribution < -0.4 is 10.7 Å². The molecule has 8 nitrogen and oxygen atoms in total. The van der Waals surface area contributed by atoms with Crippen molar-refractivity contribution in [2.75, 3.05) is 13.1 Å². The summed E-state index contributed by atoms with van der Waals surface area (Å²) in [5, 5.41) is 5.38. The number of nitrogens with one attached hydrogen (secondary N) is 2. The summed E-state index contributed by atoms with van der Waals surface area (Å²) in [4.78, 5) is 53.0. The molecule has 168 valence electrons. The number of piperidine rings is 1. The van der Waals surface area contributed by atoms with Crippen LogP contribution in [0.1, 0.15) is 41.4 Å². The highest BCUT2D eigenvalue weighted by molar-refractivity contribution is 7.12. The first kappa shape index (κ1) is 22.0. The summed E-state index contributed by atoms with van der Waals surface area (Å²) in [6, 6.07) is 12.7. The van der Waals surface area contributed by atoms with E-state index in [2.05, 4.69) is 10.7 Å². The Labute approximate surface area is 190 Å². The van der Waals surface area contributed by atoms with Crippen molar-refractivity contribution in [2.45, 2.75) is 38.1 Å². The molecule has 2 aliphatic heterocycles. The number of likely N-dealkylation sites (tertiary alicyclic amines) is 1. The minimum absolute atomic E-state index is 0.0258. The molecule has 2 N–H and O–H groups in total. The molecule has 1 aromatic carbocycles. The van der Waals surface area contributed by atoms with Crippen molar-refractivity contribution in [3.05, 3.63) is 58.3 Å². The van der Waals surface area contributed by atoms with Crippen LogP contribution in [0.2, 0.25) is 0 Å². The van der Waals surface area contributed by atoms with Gasteiger partial charge in [-0.3, -0.25) is 19.8 Å². The molecule has 2 aromatic rings. The molecule has 0 bridgehead atoms. The number of nitrogens with zero attached hydrogens (tertiary/aromatic N) is 2. The number of aryl methyl sites for hydroxylation is 1. The summed E-state index contributed by atoms with van der Waals surface area (Å²) in [7, 11) is 0. The number of imide groups is 1. The first-order chi connectivity index (χ1) is 15.4. The number of benzene rings is 1. The third-order valence-electron chi connectivity index (χ3n) is 6.12. The van der Waals surface area contributed by atoms with Crippen LogP contribution in [0.25, 0.3) is 0 Å². The van der Waals surface area contributed by atoms with Gasteiger partial charge >= 0.3 is 6.03 Å². The molecule has 2 saturated heterocycles. The van der Waals surface area contributed by atoms with E-state index in [0.29, 0.717) is 43.6 Å². The first-order valence-corrected chi connectivity index (χ1v) is 11.6. The summed E-state index contributed by atoms with van der Waals surface area (Å²) < 4.78 is 0. The SMILES string of the molecule is C[C@]1(CCc2ccccc2)NC(=O)N(NC(=O)C2CCN(C(=O)c3cccs3)CC2)C1=O. The maximum absolute atomic E-state index is 12.9. The van der Waals surface area contributed by atoms with Gasteiger partial charge in [-0.25, -0.2) is 4.79 Å². The van der Waals surface area contributed by atoms with Gasteiger partial charge in [0.05, 0.1) is 4.88 Å². The van der Waals surface area contributed by atoms with Crippen molar-refractivity contribution in [1.29, 1.82) is 0 Å². The Morgan fingerprint density at radius 3 is 2.50 bits per heavy atom. The smallest absolute Gasteiger partial charge is 0.338 e. The molecule has 2 aliphatic rings. The number of hydrogen-bond acceptors (Lipinski definition) is 5. The molecule has 3 heterocycles. The van der Waals surface area contributed by atoms with Crippen LogP contribution >= 0.6 is 11.3 Å². The number of rotatable bonds is 6. The number of amides is 5. The van der Waals surface area contributed by atoms with Crippen LogP contribution in [0.5, 0.6) is 0 Å². The summed E-state index contributed by atoms with van der Waals surface area (Å²) in [5.41, 5.74) is 2.50. The topological polar surface area (TPSA) is 98.8 Å². The lowest BCUT2D eigenvalue weighted by atomic mass is 9.93. The van der Waals surface area contributed by atoms with Gasteiger partial charge in [0.1, 0.15) is 5.54 Å². The van der Waals surface area contributed by atoms with Crippen LogP contribution in [0.4, 0.5) is 4.79 Å². The molecule has 1 aromatic heterocycles. The van der Waals surface area contributed by atoms with Crippen molar-refractivity contribution in [2.24, 2.45) is 5.92 Å². The van der Waals surface area contributed by atoms with Gasteiger partial charge in [-0.05, 0) is 49.6 Å². The van der Waals surface area contributed by atoms with E-state index in [1.807, 2.05) is 41.8 Å². The number of hydrazine groups is 1. The van der Waals surface area contributed by atoms with E-state index in [0.717, 1.165) is 10.6 Å². The summed E-state index contributed by atoms with van der Waals surface area (Å²) >= 11 is 1.40. The van der Waals surface area contributed by atoms with E-state index in [1.54, 1.807) is 17.9 Å². The monoisotopic (exact) mass is 454 g/mol. The molecule has 0 radical (unpaired) electrons. The fourth-order valence-electron chi connectivity index (χ4n) is 4.10. The van der Waals surface area contributed by atoms with Crippen molar-refractivity contribution < 1.29 is 19.2 Å². The van der Waals surface area contributed by atoms with Crippen LogP contribution in [-0.2, 0) is 16.0 Å². The molecule has 0 spiro atoms. The fourth-order valence-corrected chi connectivity index (χ4v) is 4.79. The Morgan fingerprint density at radius 1 is 1.12 bits per heavy atom. The zero-order valence-corrected chi connectivity index (χ0v) is 18.7. The Morgan fingerprint density at radius 2 is 1.84 bits per heavy atom. The van der Waals surface area contributed by atoms with Crippen LogP contribution in [0.3, 0.4) is 0 Å². The maximum Gasteiger partial charge on any atom is 0.344 e. The average Bonchev–Trinajstić information content (AvgIpc) is 3.42. The molecule has 0 aliphatic carbocycles. The second-order valence-electron chi connectivity index (χ2n) is 8.41. The minimum atomic E-state index is -1.07. The molecule has 9 heteroatoms. The molecular formula is C23H26N4O4S. The average molecular weight is 455 g/mol. The van der Waals surface area contributed by atoms with E-state index in [9.17, 15) is 19.2 Å². The number of urea groups is 1. The second-order valence-corrected chi connectivity index (χ2v) is 9.36. The zero-order chi connectivity index (χ0) is 22.7. The second kappa shape index (κ2) is 9.12. The molecular weight excluding hydrogens is 428 g/mol. The highest BCUT2D eigenvalue weighted by atomic mass is 32.1. The predicted octanol–water partition coefficient (Wildman–Crippen LogP) is 2.57. The largest absolute Gasteiger partial charge is 0.344 e. The van der Waals surface area contributed by atoms with Gasteiger partial charge in [0.25, 0.3) is 11.8 Å². The van der Waals surface area contributed by atoms with Crippen molar-refractivity contribution in [3.8, 4) is 0 Å². The normalized spacial score (nSPS) is 21.5. The van der Waals surface area contributed by atoms with Gasteiger partial charge in [-0.15, -0.1) is 11.3 Å². The Bertz CT molecular complexity index is 1000. The van der Waals surface area contributed by atoms with Crippen molar-refractivity contribution >= 4 is 35.1 Å². The van der Waals surface area contributed by atoms with E-state index in [1.165, 1.54) is 11.3 Å². The van der Waals surface area contributed by atoms with Gasteiger partial charge in [-0.2, -0.15) is 5.01 Å². The summed E-state index contributed by atoms with van der Waals surface area (Å²) in [6.45, 7) is 2.60. The number of hydrogen-bond donors (Lipinski definition) is 2. The first-order valence-electron chi connectivity index (χ1n) is 10.7. The number of thiophene rings is 1. The quantitative estimate of drug-likeness (QED) is 0.656. The minimum Gasteiger partial charge on any atom is -0.338 e. The lowest BCUT2D eigenvalue weighted by Crippen LogP contribution is -2.52. The van der Waals surface area contributed by atoms with E-state index < -0.39 is 17.5 Å². The van der Waals surface area contributed by atoms with E-state index in [-0.39, 0.29) is 17.7 Å². The summed E-state index contributed by atoms with van der Waals surface area (Å²) in [6.07, 6.45) is 2.02. The molecule has 4 rings (SSSR count). The van der Waals surface area contributed by atoms with Crippen molar-refractivity contribution in [3.63, 3.8) is 0 Å². The highest BCUT2D eigenvalue weighted by Gasteiger charge is 2.48. The molecule has 0 unspecified atom stereocenters. The highest BCUT2D eigenvalue weighted by Crippen LogP contribution is 2.24. The molecule has 0 saturated carbocycles. The molecule has 2 fully saturated rings. The van der Waals surface area contributed by atoms with Crippen molar-refractivity contribution in [1.82, 2.24) is 20.7 Å². The zero-order valence-electron chi connectivity index (χ0n) is 17.9. The lowest BCUT2D eigenvalue weighted by molar-refractivity contribution is -0.141. The Balaban J connectivity index is 1.31. The molecule has 32 heavy (non-hydrogen) atoms. The van der Waals surface area contributed by atoms with E-state index in [4.69, 9.17) is 0 Å². The van der Waals surface area contributed by atoms with Gasteiger partial charge in [0.15, 0.2) is 0 Å². The van der Waals surface area contributed by atoms with Crippen LogP contribution in [0.15, 0.2) is 47.8 Å². The molecule has 1 atom stereocenters.